The predicted octanol–water partition coefficient (Wildman–Crippen LogP) is 3.18. The molecule has 1 amide bonds. The summed E-state index contributed by atoms with van der Waals surface area (Å²) in [4.78, 5) is 25.0. The third kappa shape index (κ3) is 5.46. The van der Waals surface area contributed by atoms with Gasteiger partial charge in [-0.3, -0.25) is 4.79 Å². The van der Waals surface area contributed by atoms with Gasteiger partial charge in [0.15, 0.2) is 0 Å². The van der Waals surface area contributed by atoms with Crippen molar-refractivity contribution in [3.05, 3.63) is 90.0 Å². The SMILES string of the molecule is O=C(Nc1cccc(OC(=O)c2cccc(S(=O)(=O)N3CCOCC3)c2)c1)c1ccccc1. The normalized spacial score (nSPS) is 14.4. The zero-order valence-corrected chi connectivity index (χ0v) is 18.5. The van der Waals surface area contributed by atoms with Crippen LogP contribution in [0.25, 0.3) is 0 Å². The van der Waals surface area contributed by atoms with Crippen molar-refractivity contribution in [2.75, 3.05) is 31.6 Å². The molecule has 0 bridgehead atoms. The number of nitrogens with one attached hydrogen (secondary N) is 1. The molecule has 1 fully saturated rings. The van der Waals surface area contributed by atoms with E-state index in [0.29, 0.717) is 24.5 Å². The molecule has 8 nitrogen and oxygen atoms in total. The largest absolute Gasteiger partial charge is 0.423 e. The van der Waals surface area contributed by atoms with Crippen molar-refractivity contribution in [2.24, 2.45) is 0 Å². The number of ether oxygens (including phenoxy) is 2. The molecule has 1 heterocycles. The smallest absolute Gasteiger partial charge is 0.343 e. The summed E-state index contributed by atoms with van der Waals surface area (Å²) in [5.41, 5.74) is 1.05. The summed E-state index contributed by atoms with van der Waals surface area (Å²) in [5, 5.41) is 2.75. The minimum atomic E-state index is -3.74. The minimum absolute atomic E-state index is 0.0164. The number of hydrogen-bond donors (Lipinski definition) is 1. The molecule has 0 aromatic heterocycles. The van der Waals surface area contributed by atoms with E-state index in [-0.39, 0.29) is 35.2 Å². The van der Waals surface area contributed by atoms with Crippen molar-refractivity contribution in [3.63, 3.8) is 0 Å². The highest BCUT2D eigenvalue weighted by atomic mass is 32.2. The van der Waals surface area contributed by atoms with Crippen molar-refractivity contribution >= 4 is 27.6 Å². The predicted molar refractivity (Wildman–Crippen MR) is 122 cm³/mol. The monoisotopic (exact) mass is 466 g/mol. The molecule has 3 aromatic carbocycles. The Balaban J connectivity index is 1.47. The van der Waals surface area contributed by atoms with E-state index in [1.54, 1.807) is 42.5 Å². The summed E-state index contributed by atoms with van der Waals surface area (Å²) >= 11 is 0. The average molecular weight is 467 g/mol. The van der Waals surface area contributed by atoms with Crippen LogP contribution in [-0.2, 0) is 14.8 Å². The Morgan fingerprint density at radius 1 is 0.848 bits per heavy atom. The third-order valence-corrected chi connectivity index (χ3v) is 6.91. The van der Waals surface area contributed by atoms with Crippen molar-refractivity contribution in [3.8, 4) is 5.75 Å². The lowest BCUT2D eigenvalue weighted by atomic mass is 10.2. The van der Waals surface area contributed by atoms with Crippen LogP contribution in [0.5, 0.6) is 5.75 Å². The number of hydrogen-bond acceptors (Lipinski definition) is 6. The molecule has 0 radical (unpaired) electrons. The van der Waals surface area contributed by atoms with Gasteiger partial charge in [0.25, 0.3) is 5.91 Å². The molecule has 1 N–H and O–H groups in total. The Hall–Kier alpha value is -3.53. The van der Waals surface area contributed by atoms with Crippen LogP contribution in [-0.4, -0.2) is 50.9 Å². The number of esters is 1. The van der Waals surface area contributed by atoms with Crippen LogP contribution in [0, 0.1) is 0 Å². The lowest BCUT2D eigenvalue weighted by Gasteiger charge is -2.26. The van der Waals surface area contributed by atoms with E-state index in [9.17, 15) is 18.0 Å². The topological polar surface area (TPSA) is 102 Å². The minimum Gasteiger partial charge on any atom is -0.423 e. The first-order valence-electron chi connectivity index (χ1n) is 10.3. The fourth-order valence-corrected chi connectivity index (χ4v) is 4.77. The third-order valence-electron chi connectivity index (χ3n) is 5.02. The second kappa shape index (κ2) is 9.95. The molecule has 3 aromatic rings. The fraction of sp³-hybridized carbons (Fsp3) is 0.167. The van der Waals surface area contributed by atoms with Gasteiger partial charge in [0.2, 0.25) is 10.0 Å². The highest BCUT2D eigenvalue weighted by Crippen LogP contribution is 2.22. The number of sulfonamides is 1. The van der Waals surface area contributed by atoms with E-state index < -0.39 is 16.0 Å². The molecule has 1 aliphatic heterocycles. The summed E-state index contributed by atoms with van der Waals surface area (Å²) in [6.45, 7) is 1.19. The van der Waals surface area contributed by atoms with E-state index in [1.165, 1.54) is 34.6 Å². The number of anilines is 1. The van der Waals surface area contributed by atoms with Crippen molar-refractivity contribution in [1.82, 2.24) is 4.31 Å². The molecular formula is C24H22N2O6S. The molecular weight excluding hydrogens is 444 g/mol. The number of carbonyl (C=O) groups excluding carboxylic acids is 2. The first-order valence-corrected chi connectivity index (χ1v) is 11.7. The fourth-order valence-electron chi connectivity index (χ4n) is 3.32. The molecule has 0 aliphatic carbocycles. The van der Waals surface area contributed by atoms with E-state index in [0.717, 1.165) is 0 Å². The zero-order valence-electron chi connectivity index (χ0n) is 17.6. The van der Waals surface area contributed by atoms with Crippen LogP contribution < -0.4 is 10.1 Å². The zero-order chi connectivity index (χ0) is 23.3. The lowest BCUT2D eigenvalue weighted by Crippen LogP contribution is -2.40. The summed E-state index contributed by atoms with van der Waals surface area (Å²) in [6.07, 6.45) is 0. The second-order valence-corrected chi connectivity index (χ2v) is 9.22. The van der Waals surface area contributed by atoms with Gasteiger partial charge in [-0.15, -0.1) is 0 Å². The highest BCUT2D eigenvalue weighted by Gasteiger charge is 2.27. The molecule has 1 aliphatic rings. The van der Waals surface area contributed by atoms with Gasteiger partial charge in [-0.1, -0.05) is 30.3 Å². The lowest BCUT2D eigenvalue weighted by molar-refractivity contribution is 0.0727. The molecule has 0 unspecified atom stereocenters. The number of amides is 1. The Bertz CT molecular complexity index is 1250. The molecule has 0 saturated carbocycles. The first kappa shape index (κ1) is 22.7. The summed E-state index contributed by atoms with van der Waals surface area (Å²) in [5.74, 6) is -0.784. The molecule has 170 valence electrons. The number of benzene rings is 3. The number of nitrogens with zero attached hydrogens (tertiary/aromatic N) is 1. The molecule has 0 spiro atoms. The standard InChI is InChI=1S/C24H22N2O6S/c27-23(18-6-2-1-3-7-18)25-20-9-5-10-21(17-20)32-24(28)19-8-4-11-22(16-19)33(29,30)26-12-14-31-15-13-26/h1-11,16-17H,12-15H2,(H,25,27). The first-order chi connectivity index (χ1) is 15.9. The van der Waals surface area contributed by atoms with Gasteiger partial charge < -0.3 is 14.8 Å². The van der Waals surface area contributed by atoms with E-state index >= 15 is 0 Å². The van der Waals surface area contributed by atoms with Crippen LogP contribution >= 0.6 is 0 Å². The van der Waals surface area contributed by atoms with Crippen LogP contribution in [0.1, 0.15) is 20.7 Å². The molecule has 4 rings (SSSR count). The van der Waals surface area contributed by atoms with Gasteiger partial charge in [-0.25, -0.2) is 13.2 Å². The molecule has 1 saturated heterocycles. The van der Waals surface area contributed by atoms with Gasteiger partial charge in [-0.05, 0) is 42.5 Å². The van der Waals surface area contributed by atoms with Gasteiger partial charge >= 0.3 is 5.97 Å². The maximum atomic E-state index is 12.9. The van der Waals surface area contributed by atoms with E-state index in [4.69, 9.17) is 9.47 Å². The van der Waals surface area contributed by atoms with Crippen LogP contribution in [0.3, 0.4) is 0 Å². The van der Waals surface area contributed by atoms with E-state index in [1.807, 2.05) is 6.07 Å². The number of rotatable bonds is 6. The van der Waals surface area contributed by atoms with Crippen LogP contribution in [0.4, 0.5) is 5.69 Å². The second-order valence-electron chi connectivity index (χ2n) is 7.28. The number of morpholine rings is 1. The maximum absolute atomic E-state index is 12.9. The maximum Gasteiger partial charge on any atom is 0.343 e. The summed E-state index contributed by atoms with van der Waals surface area (Å²) < 4.78 is 37.7. The van der Waals surface area contributed by atoms with Gasteiger partial charge in [0.05, 0.1) is 23.7 Å². The molecule has 9 heteroatoms. The molecule has 33 heavy (non-hydrogen) atoms. The van der Waals surface area contributed by atoms with Crippen LogP contribution in [0.15, 0.2) is 83.8 Å². The Morgan fingerprint density at radius 2 is 1.55 bits per heavy atom. The highest BCUT2D eigenvalue weighted by molar-refractivity contribution is 7.89. The van der Waals surface area contributed by atoms with E-state index in [2.05, 4.69) is 5.32 Å². The average Bonchev–Trinajstić information content (AvgIpc) is 2.85. The summed E-state index contributed by atoms with van der Waals surface area (Å²) in [7, 11) is -3.74. The van der Waals surface area contributed by atoms with Crippen molar-refractivity contribution in [2.45, 2.75) is 4.90 Å². The van der Waals surface area contributed by atoms with Crippen molar-refractivity contribution < 1.29 is 27.5 Å². The van der Waals surface area contributed by atoms with Crippen LogP contribution in [0.2, 0.25) is 0 Å². The van der Waals surface area contributed by atoms with Gasteiger partial charge in [-0.2, -0.15) is 4.31 Å². The Labute approximate surface area is 191 Å². The van der Waals surface area contributed by atoms with Gasteiger partial charge in [0.1, 0.15) is 5.75 Å². The Kier molecular flexibility index (Phi) is 6.83. The summed E-state index contributed by atoms with van der Waals surface area (Å²) in [6, 6.07) is 20.9. The molecule has 0 atom stereocenters. The quantitative estimate of drug-likeness (QED) is 0.442. The van der Waals surface area contributed by atoms with Gasteiger partial charge in [0, 0.05) is 30.4 Å². The van der Waals surface area contributed by atoms with Crippen molar-refractivity contribution in [1.29, 1.82) is 0 Å². The Morgan fingerprint density at radius 3 is 2.30 bits per heavy atom. The number of carbonyl (C=O) groups is 2.